The molecule has 0 fully saturated rings. The van der Waals surface area contributed by atoms with Gasteiger partial charge in [-0.2, -0.15) is 0 Å². The SMILES string of the molecule is Cc1sc(N)c(-c2ccc3c(c2)nc(C)n3C)c1C. The molecule has 0 atom stereocenters. The number of anilines is 1. The number of aromatic nitrogens is 2. The highest BCUT2D eigenvalue weighted by molar-refractivity contribution is 7.16. The Labute approximate surface area is 116 Å². The Hall–Kier alpha value is -1.81. The molecule has 0 aliphatic rings. The zero-order valence-corrected chi connectivity index (χ0v) is 12.4. The Morgan fingerprint density at radius 1 is 1.21 bits per heavy atom. The van der Waals surface area contributed by atoms with E-state index in [0.717, 1.165) is 33.0 Å². The minimum Gasteiger partial charge on any atom is -0.390 e. The molecule has 2 aromatic heterocycles. The molecule has 0 aliphatic carbocycles. The summed E-state index contributed by atoms with van der Waals surface area (Å²) in [5.41, 5.74) is 11.9. The van der Waals surface area contributed by atoms with Crippen LogP contribution in [0.4, 0.5) is 5.00 Å². The number of nitrogens with zero attached hydrogens (tertiary/aromatic N) is 2. The van der Waals surface area contributed by atoms with Crippen molar-refractivity contribution in [3.63, 3.8) is 0 Å². The van der Waals surface area contributed by atoms with Crippen LogP contribution < -0.4 is 5.73 Å². The molecule has 3 nitrogen and oxygen atoms in total. The number of fused-ring (bicyclic) bond motifs is 1. The predicted octanol–water partition coefficient (Wildman–Crippen LogP) is 3.81. The van der Waals surface area contributed by atoms with E-state index in [0.29, 0.717) is 0 Å². The monoisotopic (exact) mass is 271 g/mol. The summed E-state index contributed by atoms with van der Waals surface area (Å²) < 4.78 is 2.11. The topological polar surface area (TPSA) is 43.8 Å². The zero-order chi connectivity index (χ0) is 13.7. The Morgan fingerprint density at radius 3 is 2.58 bits per heavy atom. The van der Waals surface area contributed by atoms with Gasteiger partial charge in [-0.05, 0) is 44.0 Å². The fraction of sp³-hybridized carbons (Fsp3) is 0.267. The van der Waals surface area contributed by atoms with Crippen LogP contribution in [0.15, 0.2) is 18.2 Å². The van der Waals surface area contributed by atoms with Gasteiger partial charge in [0.15, 0.2) is 0 Å². The van der Waals surface area contributed by atoms with Gasteiger partial charge in [-0.1, -0.05) is 6.07 Å². The van der Waals surface area contributed by atoms with Crippen molar-refractivity contribution in [2.75, 3.05) is 5.73 Å². The van der Waals surface area contributed by atoms with Crippen molar-refractivity contribution in [1.29, 1.82) is 0 Å². The first-order chi connectivity index (χ1) is 8.99. The van der Waals surface area contributed by atoms with Gasteiger partial charge in [0.05, 0.1) is 16.0 Å². The minimum atomic E-state index is 0.891. The van der Waals surface area contributed by atoms with Gasteiger partial charge in [0.2, 0.25) is 0 Å². The summed E-state index contributed by atoms with van der Waals surface area (Å²) in [4.78, 5) is 5.87. The van der Waals surface area contributed by atoms with Crippen LogP contribution >= 0.6 is 11.3 Å². The van der Waals surface area contributed by atoms with Crippen LogP contribution in [-0.2, 0) is 7.05 Å². The lowest BCUT2D eigenvalue weighted by Gasteiger charge is -2.04. The Balaban J connectivity index is 2.26. The Kier molecular flexibility index (Phi) is 2.64. The molecule has 0 aliphatic heterocycles. The maximum absolute atomic E-state index is 6.15. The molecule has 0 amide bonds. The second-order valence-corrected chi connectivity index (χ2v) is 6.20. The molecule has 0 radical (unpaired) electrons. The van der Waals surface area contributed by atoms with E-state index in [1.54, 1.807) is 11.3 Å². The van der Waals surface area contributed by atoms with Crippen LogP contribution in [0.3, 0.4) is 0 Å². The molecule has 3 aromatic rings. The second-order valence-electron chi connectivity index (χ2n) is 4.94. The first-order valence-corrected chi connectivity index (χ1v) is 7.09. The third-order valence-electron chi connectivity index (χ3n) is 3.81. The molecule has 3 rings (SSSR count). The van der Waals surface area contributed by atoms with Crippen LogP contribution in [0, 0.1) is 20.8 Å². The van der Waals surface area contributed by atoms with E-state index in [1.807, 2.05) is 14.0 Å². The summed E-state index contributed by atoms with van der Waals surface area (Å²) in [6, 6.07) is 6.39. The number of hydrogen-bond donors (Lipinski definition) is 1. The highest BCUT2D eigenvalue weighted by Gasteiger charge is 2.13. The summed E-state index contributed by atoms with van der Waals surface area (Å²) >= 11 is 1.66. The lowest BCUT2D eigenvalue weighted by molar-refractivity contribution is 0.886. The fourth-order valence-corrected chi connectivity index (χ4v) is 3.45. The van der Waals surface area contributed by atoms with Crippen molar-refractivity contribution >= 4 is 27.4 Å². The van der Waals surface area contributed by atoms with Crippen molar-refractivity contribution in [1.82, 2.24) is 9.55 Å². The maximum atomic E-state index is 6.15. The average molecular weight is 271 g/mol. The largest absolute Gasteiger partial charge is 0.390 e. The Morgan fingerprint density at radius 2 is 1.95 bits per heavy atom. The van der Waals surface area contributed by atoms with Crippen LogP contribution in [0.1, 0.15) is 16.3 Å². The molecular formula is C15H17N3S. The van der Waals surface area contributed by atoms with Gasteiger partial charge in [0.1, 0.15) is 5.82 Å². The molecule has 4 heteroatoms. The van der Waals surface area contributed by atoms with E-state index < -0.39 is 0 Å². The van der Waals surface area contributed by atoms with Gasteiger partial charge in [0.25, 0.3) is 0 Å². The molecule has 2 N–H and O–H groups in total. The van der Waals surface area contributed by atoms with Crippen molar-refractivity contribution in [3.8, 4) is 11.1 Å². The van der Waals surface area contributed by atoms with Gasteiger partial charge in [-0.3, -0.25) is 0 Å². The fourth-order valence-electron chi connectivity index (χ4n) is 2.49. The Bertz CT molecular complexity index is 780. The van der Waals surface area contributed by atoms with Gasteiger partial charge < -0.3 is 10.3 Å². The van der Waals surface area contributed by atoms with Crippen LogP contribution in [0.2, 0.25) is 0 Å². The number of nitrogens with two attached hydrogens (primary N) is 1. The summed E-state index contributed by atoms with van der Waals surface area (Å²) in [6.45, 7) is 6.27. The summed E-state index contributed by atoms with van der Waals surface area (Å²) in [5, 5.41) is 0.891. The van der Waals surface area contributed by atoms with Gasteiger partial charge in [-0.25, -0.2) is 4.98 Å². The van der Waals surface area contributed by atoms with Crippen LogP contribution in [0.25, 0.3) is 22.2 Å². The first kappa shape index (κ1) is 12.2. The number of thiophene rings is 1. The van der Waals surface area contributed by atoms with Crippen molar-refractivity contribution < 1.29 is 0 Å². The third kappa shape index (κ3) is 1.75. The second kappa shape index (κ2) is 4.10. The quantitative estimate of drug-likeness (QED) is 0.731. The van der Waals surface area contributed by atoms with E-state index in [-0.39, 0.29) is 0 Å². The van der Waals surface area contributed by atoms with Gasteiger partial charge in [-0.15, -0.1) is 11.3 Å². The van der Waals surface area contributed by atoms with Crippen LogP contribution in [0.5, 0.6) is 0 Å². The van der Waals surface area contributed by atoms with Gasteiger partial charge >= 0.3 is 0 Å². The highest BCUT2D eigenvalue weighted by atomic mass is 32.1. The molecule has 0 unspecified atom stereocenters. The van der Waals surface area contributed by atoms with E-state index >= 15 is 0 Å². The lowest BCUT2D eigenvalue weighted by atomic mass is 10.0. The normalized spacial score (nSPS) is 11.4. The molecule has 0 bridgehead atoms. The van der Waals surface area contributed by atoms with E-state index in [2.05, 4.69) is 41.6 Å². The molecule has 0 spiro atoms. The molecule has 1 aromatic carbocycles. The van der Waals surface area contributed by atoms with E-state index in [9.17, 15) is 0 Å². The number of benzene rings is 1. The molecular weight excluding hydrogens is 254 g/mol. The standard InChI is InChI=1S/C15H17N3S/c1-8-9(2)19-15(16)14(8)11-5-6-13-12(7-11)17-10(3)18(13)4/h5-7H,16H2,1-4H3. The number of hydrogen-bond acceptors (Lipinski definition) is 3. The number of aryl methyl sites for hydroxylation is 3. The molecule has 19 heavy (non-hydrogen) atoms. The number of imidazole rings is 1. The highest BCUT2D eigenvalue weighted by Crippen LogP contribution is 2.38. The average Bonchev–Trinajstić information content (AvgIpc) is 2.78. The molecule has 0 saturated carbocycles. The summed E-state index contributed by atoms with van der Waals surface area (Å²) in [7, 11) is 2.04. The van der Waals surface area contributed by atoms with Crippen molar-refractivity contribution in [2.45, 2.75) is 20.8 Å². The number of rotatable bonds is 1. The number of nitrogen functional groups attached to an aromatic ring is 1. The lowest BCUT2D eigenvalue weighted by Crippen LogP contribution is -1.90. The van der Waals surface area contributed by atoms with E-state index in [4.69, 9.17) is 5.73 Å². The smallest absolute Gasteiger partial charge is 0.106 e. The summed E-state index contributed by atoms with van der Waals surface area (Å²) in [5.74, 6) is 1.03. The van der Waals surface area contributed by atoms with Crippen molar-refractivity contribution in [3.05, 3.63) is 34.5 Å². The van der Waals surface area contributed by atoms with Gasteiger partial charge in [0, 0.05) is 17.5 Å². The predicted molar refractivity (Wildman–Crippen MR) is 82.7 cm³/mol. The zero-order valence-electron chi connectivity index (χ0n) is 11.6. The van der Waals surface area contributed by atoms with Crippen molar-refractivity contribution in [2.24, 2.45) is 7.05 Å². The molecule has 2 heterocycles. The van der Waals surface area contributed by atoms with Crippen LogP contribution in [-0.4, -0.2) is 9.55 Å². The third-order valence-corrected chi connectivity index (χ3v) is 4.84. The maximum Gasteiger partial charge on any atom is 0.106 e. The summed E-state index contributed by atoms with van der Waals surface area (Å²) in [6.07, 6.45) is 0. The molecule has 98 valence electrons. The first-order valence-electron chi connectivity index (χ1n) is 6.28. The van der Waals surface area contributed by atoms with E-state index in [1.165, 1.54) is 10.4 Å². The molecule has 0 saturated heterocycles. The minimum absolute atomic E-state index is 0.891.